The van der Waals surface area contributed by atoms with Crippen LogP contribution in [0.25, 0.3) is 0 Å². The second kappa shape index (κ2) is 4.95. The van der Waals surface area contributed by atoms with E-state index in [-0.39, 0.29) is 6.42 Å². The molecular weight excluding hydrogens is 316 g/mol. The lowest BCUT2D eigenvalue weighted by molar-refractivity contribution is -0.137. The van der Waals surface area contributed by atoms with Gasteiger partial charge in [0.2, 0.25) is 0 Å². The van der Waals surface area contributed by atoms with Gasteiger partial charge in [-0.25, -0.2) is 0 Å². The van der Waals surface area contributed by atoms with Crippen LogP contribution in [0, 0.1) is 3.57 Å². The predicted molar refractivity (Wildman–Crippen MR) is 63.4 cm³/mol. The number of hydrogen-bond acceptors (Lipinski definition) is 2. The molecule has 76 valence electrons. The molecule has 5 heteroatoms. The van der Waals surface area contributed by atoms with E-state index in [9.17, 15) is 4.79 Å². The van der Waals surface area contributed by atoms with Gasteiger partial charge in [0.05, 0.1) is 11.4 Å². The van der Waals surface area contributed by atoms with Crippen molar-refractivity contribution in [1.29, 1.82) is 0 Å². The summed E-state index contributed by atoms with van der Waals surface area (Å²) in [5, 5.41) is 9.16. The quantitative estimate of drug-likeness (QED) is 0.839. The van der Waals surface area contributed by atoms with Crippen LogP contribution in [0.1, 0.15) is 18.0 Å². The average molecular weight is 326 g/mol. The third-order valence-corrected chi connectivity index (χ3v) is 3.34. The molecule has 1 unspecified atom stereocenters. The number of halogens is 2. The Kier molecular flexibility index (Phi) is 4.15. The van der Waals surface area contributed by atoms with Crippen molar-refractivity contribution >= 4 is 40.2 Å². The minimum atomic E-state index is -0.910. The van der Waals surface area contributed by atoms with E-state index in [0.29, 0.717) is 5.02 Å². The molecule has 0 saturated carbocycles. The summed E-state index contributed by atoms with van der Waals surface area (Å²) in [7, 11) is 0. The van der Waals surface area contributed by atoms with E-state index in [0.717, 1.165) is 9.13 Å². The molecule has 0 radical (unpaired) electrons. The Labute approximate surface area is 100 Å². The van der Waals surface area contributed by atoms with E-state index in [1.807, 2.05) is 6.07 Å². The van der Waals surface area contributed by atoms with Gasteiger partial charge < -0.3 is 10.8 Å². The van der Waals surface area contributed by atoms with Gasteiger partial charge in [-0.15, -0.1) is 0 Å². The zero-order chi connectivity index (χ0) is 10.7. The Bertz CT molecular complexity index is 357. The number of nitrogens with two attached hydrogens (primary N) is 1. The van der Waals surface area contributed by atoms with Gasteiger partial charge >= 0.3 is 5.97 Å². The van der Waals surface area contributed by atoms with Gasteiger partial charge in [0, 0.05) is 9.61 Å². The van der Waals surface area contributed by atoms with Gasteiger partial charge in [-0.3, -0.25) is 4.79 Å². The van der Waals surface area contributed by atoms with Crippen LogP contribution in [-0.4, -0.2) is 11.1 Å². The van der Waals surface area contributed by atoms with Crippen molar-refractivity contribution in [3.8, 4) is 0 Å². The Morgan fingerprint density at radius 2 is 2.29 bits per heavy atom. The standard InChI is InChI=1S/C9H9ClINO2/c10-6-3-5(1-2-7(6)11)8(12)4-9(13)14/h1-3,8H,4,12H2,(H,13,14). The van der Waals surface area contributed by atoms with Crippen molar-refractivity contribution in [3.63, 3.8) is 0 Å². The van der Waals surface area contributed by atoms with Gasteiger partial charge in [-0.1, -0.05) is 17.7 Å². The summed E-state index contributed by atoms with van der Waals surface area (Å²) in [6.07, 6.45) is -0.0864. The van der Waals surface area contributed by atoms with Crippen LogP contribution in [0.4, 0.5) is 0 Å². The number of carboxylic acids is 1. The minimum absolute atomic E-state index is 0.0864. The Balaban J connectivity index is 2.85. The van der Waals surface area contributed by atoms with Crippen molar-refractivity contribution in [3.05, 3.63) is 32.4 Å². The molecule has 0 aliphatic heterocycles. The fraction of sp³-hybridized carbons (Fsp3) is 0.222. The van der Waals surface area contributed by atoms with Crippen LogP contribution >= 0.6 is 34.2 Å². The summed E-state index contributed by atoms with van der Waals surface area (Å²) < 4.78 is 0.926. The highest BCUT2D eigenvalue weighted by Gasteiger charge is 2.11. The molecule has 1 atom stereocenters. The van der Waals surface area contributed by atoms with Gasteiger partial charge in [0.1, 0.15) is 0 Å². The predicted octanol–water partition coefficient (Wildman–Crippen LogP) is 2.42. The Morgan fingerprint density at radius 1 is 1.64 bits per heavy atom. The van der Waals surface area contributed by atoms with Crippen LogP contribution in [0.15, 0.2) is 18.2 Å². The van der Waals surface area contributed by atoms with E-state index in [2.05, 4.69) is 22.6 Å². The molecule has 3 N–H and O–H groups in total. The second-order valence-corrected chi connectivity index (χ2v) is 4.45. The van der Waals surface area contributed by atoms with E-state index in [1.165, 1.54) is 0 Å². The lowest BCUT2D eigenvalue weighted by atomic mass is 10.1. The highest BCUT2D eigenvalue weighted by Crippen LogP contribution is 2.23. The summed E-state index contributed by atoms with van der Waals surface area (Å²) in [5.74, 6) is -0.910. The molecule has 0 heterocycles. The SMILES string of the molecule is NC(CC(=O)O)c1ccc(I)c(Cl)c1. The minimum Gasteiger partial charge on any atom is -0.481 e. The summed E-state index contributed by atoms with van der Waals surface area (Å²) >= 11 is 7.98. The molecule has 0 aromatic heterocycles. The topological polar surface area (TPSA) is 63.3 Å². The first-order valence-electron chi connectivity index (χ1n) is 3.93. The maximum absolute atomic E-state index is 10.4. The largest absolute Gasteiger partial charge is 0.481 e. The third-order valence-electron chi connectivity index (χ3n) is 1.77. The molecule has 0 fully saturated rings. The first kappa shape index (κ1) is 11.7. The lowest BCUT2D eigenvalue weighted by Gasteiger charge is -2.09. The molecule has 0 saturated heterocycles. The molecule has 14 heavy (non-hydrogen) atoms. The number of carboxylic acid groups (broad SMARTS) is 1. The molecule has 0 aliphatic rings. The van der Waals surface area contributed by atoms with Crippen molar-refractivity contribution in [2.24, 2.45) is 5.73 Å². The molecule has 1 rings (SSSR count). The number of benzene rings is 1. The number of aliphatic carboxylic acids is 1. The Morgan fingerprint density at radius 3 is 2.79 bits per heavy atom. The van der Waals surface area contributed by atoms with Crippen LogP contribution < -0.4 is 5.73 Å². The molecule has 1 aromatic rings. The molecule has 0 spiro atoms. The maximum atomic E-state index is 10.4. The van der Waals surface area contributed by atoms with Crippen molar-refractivity contribution < 1.29 is 9.90 Å². The number of hydrogen-bond donors (Lipinski definition) is 2. The fourth-order valence-electron chi connectivity index (χ4n) is 1.05. The summed E-state index contributed by atoms with van der Waals surface area (Å²) in [5.41, 5.74) is 6.42. The highest BCUT2D eigenvalue weighted by atomic mass is 127. The lowest BCUT2D eigenvalue weighted by Crippen LogP contribution is -2.14. The summed E-state index contributed by atoms with van der Waals surface area (Å²) in [6, 6.07) is 4.82. The smallest absolute Gasteiger partial charge is 0.305 e. The Hall–Kier alpha value is -0.330. The first-order valence-corrected chi connectivity index (χ1v) is 5.38. The molecule has 3 nitrogen and oxygen atoms in total. The maximum Gasteiger partial charge on any atom is 0.305 e. The van der Waals surface area contributed by atoms with E-state index in [4.69, 9.17) is 22.4 Å². The van der Waals surface area contributed by atoms with Gasteiger partial charge in [-0.2, -0.15) is 0 Å². The highest BCUT2D eigenvalue weighted by molar-refractivity contribution is 14.1. The van der Waals surface area contributed by atoms with Crippen LogP contribution in [0.5, 0.6) is 0 Å². The van der Waals surface area contributed by atoms with Crippen LogP contribution in [0.2, 0.25) is 5.02 Å². The van der Waals surface area contributed by atoms with E-state index < -0.39 is 12.0 Å². The first-order chi connectivity index (χ1) is 6.50. The summed E-state index contributed by atoms with van der Waals surface area (Å²) in [6.45, 7) is 0. The van der Waals surface area contributed by atoms with E-state index in [1.54, 1.807) is 12.1 Å². The third kappa shape index (κ3) is 3.11. The zero-order valence-electron chi connectivity index (χ0n) is 7.21. The normalized spacial score (nSPS) is 12.5. The average Bonchev–Trinajstić information content (AvgIpc) is 2.08. The van der Waals surface area contributed by atoms with Crippen LogP contribution in [0.3, 0.4) is 0 Å². The second-order valence-electron chi connectivity index (χ2n) is 2.88. The van der Waals surface area contributed by atoms with Crippen molar-refractivity contribution in [2.75, 3.05) is 0 Å². The van der Waals surface area contributed by atoms with E-state index >= 15 is 0 Å². The van der Waals surface area contributed by atoms with Crippen molar-refractivity contribution in [2.45, 2.75) is 12.5 Å². The van der Waals surface area contributed by atoms with Gasteiger partial charge in [-0.05, 0) is 40.3 Å². The summed E-state index contributed by atoms with van der Waals surface area (Å²) in [4.78, 5) is 10.4. The molecule has 0 amide bonds. The molecular formula is C9H9ClINO2. The van der Waals surface area contributed by atoms with Gasteiger partial charge in [0.15, 0.2) is 0 Å². The molecule has 1 aromatic carbocycles. The molecule has 0 bridgehead atoms. The number of rotatable bonds is 3. The van der Waals surface area contributed by atoms with Crippen LogP contribution in [-0.2, 0) is 4.79 Å². The zero-order valence-corrected chi connectivity index (χ0v) is 10.1. The molecule has 0 aliphatic carbocycles. The van der Waals surface area contributed by atoms with Gasteiger partial charge in [0.25, 0.3) is 0 Å². The monoisotopic (exact) mass is 325 g/mol. The fourth-order valence-corrected chi connectivity index (χ4v) is 1.57. The number of carbonyl (C=O) groups is 1. The van der Waals surface area contributed by atoms with Crippen molar-refractivity contribution in [1.82, 2.24) is 0 Å².